The Kier molecular flexibility index (Phi) is 7.29. The molecule has 7 nitrogen and oxygen atoms in total. The third-order valence-electron chi connectivity index (χ3n) is 6.93. The van der Waals surface area contributed by atoms with Gasteiger partial charge >= 0.3 is 6.09 Å². The van der Waals surface area contributed by atoms with Gasteiger partial charge in [-0.05, 0) is 69.3 Å². The Morgan fingerprint density at radius 2 is 1.79 bits per heavy atom. The molecule has 1 aromatic rings. The molecular formula is C25H41N3O4Si. The van der Waals surface area contributed by atoms with Gasteiger partial charge in [0, 0.05) is 37.8 Å². The fourth-order valence-corrected chi connectivity index (χ4v) is 5.26. The van der Waals surface area contributed by atoms with Crippen LogP contribution in [0.25, 0.3) is 0 Å². The van der Waals surface area contributed by atoms with Crippen molar-refractivity contribution in [2.75, 3.05) is 24.5 Å². The number of fused-ring (bicyclic) bond motifs is 1. The molecule has 1 saturated carbocycles. The topological polar surface area (TPSA) is 80.8 Å². The highest BCUT2D eigenvalue weighted by Crippen LogP contribution is 2.45. The number of anilines is 1. The first-order chi connectivity index (χ1) is 15.1. The highest BCUT2D eigenvalue weighted by molar-refractivity contribution is 6.74. The standard InChI is InChI=1S/C25H41N3O4Si/c1-24(2,3)31-23(30)27-14-20(32-33(7,8)25(4,5)6)12-21(29)17-9-10-22(26-13-17)28-15-18-11-19(18)16-28/h9-10,13,18-20H,11-12,14-16H2,1-8H3,(H,27,30)/t18?,19?,20-/m0/s1. The van der Waals surface area contributed by atoms with E-state index in [1.165, 1.54) is 6.42 Å². The first-order valence-electron chi connectivity index (χ1n) is 12.0. The van der Waals surface area contributed by atoms with Crippen molar-refractivity contribution in [3.8, 4) is 0 Å². The summed E-state index contributed by atoms with van der Waals surface area (Å²) >= 11 is 0. The number of carbonyl (C=O) groups excluding carboxylic acids is 2. The second-order valence-electron chi connectivity index (χ2n) is 12.1. The number of piperidine rings is 1. The van der Waals surface area contributed by atoms with Crippen LogP contribution < -0.4 is 10.2 Å². The summed E-state index contributed by atoms with van der Waals surface area (Å²) in [7, 11) is -2.15. The molecule has 1 aliphatic heterocycles. The molecule has 8 heteroatoms. The maximum absolute atomic E-state index is 13.1. The highest BCUT2D eigenvalue weighted by atomic mass is 28.4. The fraction of sp³-hybridized carbons (Fsp3) is 0.720. The number of ketones is 1. The van der Waals surface area contributed by atoms with E-state index in [4.69, 9.17) is 9.16 Å². The predicted octanol–water partition coefficient (Wildman–Crippen LogP) is 5.03. The van der Waals surface area contributed by atoms with E-state index >= 15 is 0 Å². The molecule has 3 rings (SSSR count). The Bertz CT molecular complexity index is 848. The molecule has 1 aliphatic carbocycles. The van der Waals surface area contributed by atoms with Crippen molar-refractivity contribution in [2.24, 2.45) is 11.8 Å². The molecule has 0 aromatic carbocycles. The summed E-state index contributed by atoms with van der Waals surface area (Å²) in [5.74, 6) is 2.57. The first-order valence-corrected chi connectivity index (χ1v) is 14.9. The van der Waals surface area contributed by atoms with E-state index in [1.54, 1.807) is 6.20 Å². The Morgan fingerprint density at radius 1 is 1.15 bits per heavy atom. The lowest BCUT2D eigenvalue weighted by Gasteiger charge is -2.39. The Morgan fingerprint density at radius 3 is 2.30 bits per heavy atom. The van der Waals surface area contributed by atoms with Gasteiger partial charge in [-0.1, -0.05) is 20.8 Å². The summed E-state index contributed by atoms with van der Waals surface area (Å²) in [6.07, 6.45) is 2.26. The molecular weight excluding hydrogens is 434 g/mol. The fourth-order valence-electron chi connectivity index (χ4n) is 3.91. The number of Topliss-reactive ketones (excluding diaryl/α,β-unsaturated/α-hetero) is 1. The van der Waals surface area contributed by atoms with E-state index in [0.29, 0.717) is 5.56 Å². The molecule has 3 atom stereocenters. The first kappa shape index (κ1) is 25.7. The molecule has 1 aromatic heterocycles. The smallest absolute Gasteiger partial charge is 0.407 e. The van der Waals surface area contributed by atoms with Crippen LogP contribution >= 0.6 is 0 Å². The molecule has 1 saturated heterocycles. The summed E-state index contributed by atoms with van der Waals surface area (Å²) < 4.78 is 11.9. The molecule has 1 N–H and O–H groups in total. The van der Waals surface area contributed by atoms with E-state index in [0.717, 1.165) is 30.7 Å². The van der Waals surface area contributed by atoms with E-state index in [1.807, 2.05) is 32.9 Å². The third-order valence-corrected chi connectivity index (χ3v) is 11.5. The molecule has 2 fully saturated rings. The third kappa shape index (κ3) is 7.02. The Labute approximate surface area is 199 Å². The lowest BCUT2D eigenvalue weighted by molar-refractivity contribution is 0.0488. The second-order valence-corrected chi connectivity index (χ2v) is 16.8. The number of pyridine rings is 1. The zero-order valence-corrected chi connectivity index (χ0v) is 22.5. The number of hydrogen-bond donors (Lipinski definition) is 1. The highest BCUT2D eigenvalue weighted by Gasteiger charge is 2.45. The van der Waals surface area contributed by atoms with Crippen LogP contribution in [0.2, 0.25) is 18.1 Å². The number of carbonyl (C=O) groups is 2. The molecule has 2 heterocycles. The average Bonchev–Trinajstić information content (AvgIpc) is 3.29. The quantitative estimate of drug-likeness (QED) is 0.420. The van der Waals surface area contributed by atoms with Crippen molar-refractivity contribution >= 4 is 26.0 Å². The number of hydrogen-bond acceptors (Lipinski definition) is 6. The van der Waals surface area contributed by atoms with E-state index in [2.05, 4.69) is 49.1 Å². The maximum Gasteiger partial charge on any atom is 0.407 e. The molecule has 184 valence electrons. The SMILES string of the molecule is CC(C)(C)OC(=O)NC[C@H](CC(=O)c1ccc(N2CC3CC3C2)nc1)O[Si](C)(C)C(C)(C)C. The van der Waals surface area contributed by atoms with Gasteiger partial charge in [0.2, 0.25) is 0 Å². The van der Waals surface area contributed by atoms with Crippen molar-refractivity contribution in [1.82, 2.24) is 10.3 Å². The lowest BCUT2D eigenvalue weighted by atomic mass is 10.1. The Balaban J connectivity index is 1.64. The van der Waals surface area contributed by atoms with Crippen molar-refractivity contribution in [3.63, 3.8) is 0 Å². The van der Waals surface area contributed by atoms with Crippen molar-refractivity contribution < 1.29 is 18.8 Å². The summed E-state index contributed by atoms with van der Waals surface area (Å²) in [5, 5.41) is 2.77. The summed E-state index contributed by atoms with van der Waals surface area (Å²) in [5.41, 5.74) is -0.0110. The monoisotopic (exact) mass is 475 g/mol. The number of nitrogens with zero attached hydrogens (tertiary/aromatic N) is 2. The van der Waals surface area contributed by atoms with Crippen molar-refractivity contribution in [1.29, 1.82) is 0 Å². The van der Waals surface area contributed by atoms with Crippen molar-refractivity contribution in [2.45, 2.75) is 84.2 Å². The molecule has 2 aliphatic rings. The number of rotatable bonds is 8. The van der Waals surface area contributed by atoms with Gasteiger partial charge in [0.15, 0.2) is 14.1 Å². The number of amides is 1. The molecule has 1 amide bonds. The van der Waals surface area contributed by atoms with Gasteiger partial charge < -0.3 is 19.4 Å². The number of nitrogens with one attached hydrogen (secondary N) is 1. The van der Waals surface area contributed by atoms with E-state index in [-0.39, 0.29) is 23.8 Å². The normalized spacial score (nSPS) is 21.4. The number of ether oxygens (including phenoxy) is 1. The maximum atomic E-state index is 13.1. The van der Waals surface area contributed by atoms with Gasteiger partial charge in [-0.25, -0.2) is 9.78 Å². The largest absolute Gasteiger partial charge is 0.444 e. The van der Waals surface area contributed by atoms with Gasteiger partial charge in [-0.3, -0.25) is 4.79 Å². The lowest BCUT2D eigenvalue weighted by Crippen LogP contribution is -2.48. The molecule has 0 radical (unpaired) electrons. The van der Waals surface area contributed by atoms with Crippen LogP contribution in [0.4, 0.5) is 10.6 Å². The van der Waals surface area contributed by atoms with E-state index in [9.17, 15) is 9.59 Å². The Hall–Kier alpha value is -1.93. The number of aromatic nitrogens is 1. The molecule has 2 unspecified atom stereocenters. The van der Waals surface area contributed by atoms with Gasteiger partial charge in [0.05, 0.1) is 6.10 Å². The predicted molar refractivity (Wildman–Crippen MR) is 133 cm³/mol. The van der Waals surface area contributed by atoms with Crippen LogP contribution in [-0.4, -0.2) is 56.5 Å². The van der Waals surface area contributed by atoms with Crippen LogP contribution in [0, 0.1) is 11.8 Å². The van der Waals surface area contributed by atoms with Crippen LogP contribution in [-0.2, 0) is 9.16 Å². The van der Waals surface area contributed by atoms with Crippen LogP contribution in [0.15, 0.2) is 18.3 Å². The van der Waals surface area contributed by atoms with Crippen molar-refractivity contribution in [3.05, 3.63) is 23.9 Å². The second kappa shape index (κ2) is 9.37. The van der Waals surface area contributed by atoms with Gasteiger partial charge in [-0.15, -0.1) is 0 Å². The van der Waals surface area contributed by atoms with E-state index < -0.39 is 26.1 Å². The molecule has 33 heavy (non-hydrogen) atoms. The van der Waals surface area contributed by atoms with Crippen LogP contribution in [0.3, 0.4) is 0 Å². The summed E-state index contributed by atoms with van der Waals surface area (Å²) in [4.78, 5) is 32.1. The minimum absolute atomic E-state index is 0.0140. The minimum Gasteiger partial charge on any atom is -0.444 e. The zero-order chi connectivity index (χ0) is 24.6. The number of alkyl carbamates (subject to hydrolysis) is 1. The summed E-state index contributed by atoms with van der Waals surface area (Å²) in [6.45, 7) is 18.6. The van der Waals surface area contributed by atoms with Gasteiger partial charge in [0.25, 0.3) is 0 Å². The van der Waals surface area contributed by atoms with Gasteiger partial charge in [0.1, 0.15) is 11.4 Å². The average molecular weight is 476 g/mol. The van der Waals surface area contributed by atoms with Crippen LogP contribution in [0.1, 0.15) is 64.7 Å². The van der Waals surface area contributed by atoms with Gasteiger partial charge in [-0.2, -0.15) is 0 Å². The molecule has 0 bridgehead atoms. The van der Waals surface area contributed by atoms with Crippen LogP contribution in [0.5, 0.6) is 0 Å². The summed E-state index contributed by atoms with van der Waals surface area (Å²) in [6, 6.07) is 3.81. The molecule has 0 spiro atoms. The minimum atomic E-state index is -2.15. The zero-order valence-electron chi connectivity index (χ0n) is 21.5.